The van der Waals surface area contributed by atoms with E-state index in [4.69, 9.17) is 4.98 Å². The molecule has 7 nitrogen and oxygen atoms in total. The Morgan fingerprint density at radius 1 is 0.970 bits per heavy atom. The van der Waals surface area contributed by atoms with Crippen LogP contribution in [0.2, 0.25) is 0 Å². The summed E-state index contributed by atoms with van der Waals surface area (Å²) in [7, 11) is 0. The van der Waals surface area contributed by atoms with E-state index in [0.29, 0.717) is 19.6 Å². The number of para-hydroxylation sites is 1. The third-order valence-corrected chi connectivity index (χ3v) is 7.03. The van der Waals surface area contributed by atoms with Crippen LogP contribution in [-0.4, -0.2) is 56.1 Å². The first kappa shape index (κ1) is 19.9. The van der Waals surface area contributed by atoms with Crippen molar-refractivity contribution in [3.8, 4) is 10.7 Å². The number of thiophene rings is 1. The summed E-state index contributed by atoms with van der Waals surface area (Å²) in [6.07, 6.45) is 0. The highest BCUT2D eigenvalue weighted by Crippen LogP contribution is 2.31. The number of hydrogen-bond acceptors (Lipinski definition) is 6. The second-order valence-corrected chi connectivity index (χ2v) is 9.20. The molecule has 0 N–H and O–H groups in total. The van der Waals surface area contributed by atoms with Crippen LogP contribution in [-0.2, 0) is 0 Å². The first-order chi connectivity index (χ1) is 16.2. The van der Waals surface area contributed by atoms with E-state index in [2.05, 4.69) is 32.5 Å². The lowest BCUT2D eigenvalue weighted by Crippen LogP contribution is -2.54. The molecular formula is C25H22N6OS. The van der Waals surface area contributed by atoms with E-state index >= 15 is 0 Å². The predicted octanol–water partition coefficient (Wildman–Crippen LogP) is 4.36. The van der Waals surface area contributed by atoms with Gasteiger partial charge in [-0.15, -0.1) is 21.5 Å². The fourth-order valence-electron chi connectivity index (χ4n) is 4.53. The van der Waals surface area contributed by atoms with Gasteiger partial charge in [-0.2, -0.15) is 0 Å². The van der Waals surface area contributed by atoms with Crippen LogP contribution in [0.5, 0.6) is 0 Å². The standard InChI is InChI=1S/C25H22N6OS/c1-17-16-29(13-14-30(17)24(32)18-8-3-2-4-9-18)25-26-20-11-6-5-10-19(20)22-27-28-23(31(22)25)21-12-7-15-33-21/h2-12,15,17H,13-14,16H2,1H3. The zero-order chi connectivity index (χ0) is 22.4. The van der Waals surface area contributed by atoms with Crippen molar-refractivity contribution in [3.63, 3.8) is 0 Å². The van der Waals surface area contributed by atoms with Crippen LogP contribution in [0.15, 0.2) is 72.1 Å². The number of aromatic nitrogens is 4. The van der Waals surface area contributed by atoms with Crippen molar-refractivity contribution >= 4 is 39.7 Å². The summed E-state index contributed by atoms with van der Waals surface area (Å²) >= 11 is 1.64. The lowest BCUT2D eigenvalue weighted by Gasteiger charge is -2.40. The number of hydrogen-bond donors (Lipinski definition) is 0. The van der Waals surface area contributed by atoms with E-state index in [1.165, 1.54) is 0 Å². The largest absolute Gasteiger partial charge is 0.338 e. The number of fused-ring (bicyclic) bond motifs is 3. The fourth-order valence-corrected chi connectivity index (χ4v) is 5.23. The molecule has 4 heterocycles. The van der Waals surface area contributed by atoms with Gasteiger partial charge >= 0.3 is 0 Å². The Balaban J connectivity index is 1.41. The van der Waals surface area contributed by atoms with Crippen molar-refractivity contribution in [1.29, 1.82) is 0 Å². The van der Waals surface area contributed by atoms with Crippen molar-refractivity contribution in [2.24, 2.45) is 0 Å². The Labute approximate surface area is 194 Å². The molecule has 1 aliphatic heterocycles. The van der Waals surface area contributed by atoms with Gasteiger partial charge in [0.1, 0.15) is 0 Å². The first-order valence-electron chi connectivity index (χ1n) is 11.0. The maximum Gasteiger partial charge on any atom is 0.254 e. The minimum absolute atomic E-state index is 0.0384. The molecule has 164 valence electrons. The van der Waals surface area contributed by atoms with E-state index in [9.17, 15) is 4.79 Å². The highest BCUT2D eigenvalue weighted by molar-refractivity contribution is 7.13. The molecule has 1 atom stereocenters. The van der Waals surface area contributed by atoms with Crippen molar-refractivity contribution in [2.45, 2.75) is 13.0 Å². The topological polar surface area (TPSA) is 66.6 Å². The normalized spacial score (nSPS) is 16.6. The van der Waals surface area contributed by atoms with E-state index in [0.717, 1.165) is 38.8 Å². The summed E-state index contributed by atoms with van der Waals surface area (Å²) in [4.78, 5) is 23.4. The van der Waals surface area contributed by atoms with Gasteiger partial charge in [-0.05, 0) is 42.6 Å². The molecule has 1 saturated heterocycles. The Hall–Kier alpha value is -3.78. The third-order valence-electron chi connectivity index (χ3n) is 6.16. The maximum atomic E-state index is 13.1. The molecule has 8 heteroatoms. The molecule has 0 spiro atoms. The average Bonchev–Trinajstić information content (AvgIpc) is 3.54. The molecule has 33 heavy (non-hydrogen) atoms. The Bertz CT molecular complexity index is 1450. The number of amides is 1. The van der Waals surface area contributed by atoms with Gasteiger partial charge < -0.3 is 9.80 Å². The van der Waals surface area contributed by atoms with E-state index < -0.39 is 0 Å². The zero-order valence-corrected chi connectivity index (χ0v) is 18.9. The van der Waals surface area contributed by atoms with Gasteiger partial charge in [-0.1, -0.05) is 36.4 Å². The summed E-state index contributed by atoms with van der Waals surface area (Å²) in [6.45, 7) is 4.09. The highest BCUT2D eigenvalue weighted by Gasteiger charge is 2.31. The highest BCUT2D eigenvalue weighted by atomic mass is 32.1. The van der Waals surface area contributed by atoms with Gasteiger partial charge in [0.05, 0.1) is 10.4 Å². The molecule has 1 fully saturated rings. The predicted molar refractivity (Wildman–Crippen MR) is 131 cm³/mol. The van der Waals surface area contributed by atoms with Crippen LogP contribution in [0.4, 0.5) is 5.95 Å². The van der Waals surface area contributed by atoms with Gasteiger partial charge in [0.2, 0.25) is 5.95 Å². The molecule has 5 aromatic rings. The molecule has 0 saturated carbocycles. The van der Waals surface area contributed by atoms with Crippen LogP contribution >= 0.6 is 11.3 Å². The zero-order valence-electron chi connectivity index (χ0n) is 18.1. The number of rotatable bonds is 3. The van der Waals surface area contributed by atoms with Gasteiger partial charge in [0, 0.05) is 36.6 Å². The molecule has 1 unspecified atom stereocenters. The van der Waals surface area contributed by atoms with E-state index in [-0.39, 0.29) is 11.9 Å². The molecule has 6 rings (SSSR count). The minimum atomic E-state index is 0.0384. The van der Waals surface area contributed by atoms with Gasteiger partial charge in [-0.3, -0.25) is 4.79 Å². The number of anilines is 1. The minimum Gasteiger partial charge on any atom is -0.338 e. The third kappa shape index (κ3) is 3.34. The van der Waals surface area contributed by atoms with Crippen molar-refractivity contribution in [2.75, 3.05) is 24.5 Å². The molecule has 0 bridgehead atoms. The summed E-state index contributed by atoms with van der Waals surface area (Å²) in [5.41, 5.74) is 2.41. The quantitative estimate of drug-likeness (QED) is 0.405. The van der Waals surface area contributed by atoms with Crippen LogP contribution in [0, 0.1) is 0 Å². The molecular weight excluding hydrogens is 432 g/mol. The van der Waals surface area contributed by atoms with Crippen LogP contribution in [0.3, 0.4) is 0 Å². The van der Waals surface area contributed by atoms with Crippen LogP contribution in [0.25, 0.3) is 27.3 Å². The van der Waals surface area contributed by atoms with Gasteiger partial charge in [0.15, 0.2) is 11.5 Å². The SMILES string of the molecule is CC1CN(c2nc3ccccc3c3nnc(-c4cccs4)n23)CCN1C(=O)c1ccccc1. The Kier molecular flexibility index (Phi) is 4.80. The number of nitrogens with zero attached hydrogens (tertiary/aromatic N) is 6. The molecule has 2 aromatic carbocycles. The number of carbonyl (C=O) groups is 1. The fraction of sp³-hybridized carbons (Fsp3) is 0.200. The second kappa shape index (κ2) is 7.97. The van der Waals surface area contributed by atoms with Crippen molar-refractivity contribution in [1.82, 2.24) is 24.5 Å². The smallest absolute Gasteiger partial charge is 0.254 e. The summed E-state index contributed by atoms with van der Waals surface area (Å²) in [5.74, 6) is 1.68. The van der Waals surface area contributed by atoms with Gasteiger partial charge in [-0.25, -0.2) is 9.38 Å². The number of carbonyl (C=O) groups excluding carboxylic acids is 1. The van der Waals surface area contributed by atoms with Crippen molar-refractivity contribution < 1.29 is 4.79 Å². The summed E-state index contributed by atoms with van der Waals surface area (Å²) in [6, 6.07) is 21.6. The first-order valence-corrected chi connectivity index (χ1v) is 11.9. The summed E-state index contributed by atoms with van der Waals surface area (Å²) in [5, 5.41) is 12.1. The Morgan fingerprint density at radius 2 is 1.79 bits per heavy atom. The van der Waals surface area contributed by atoms with E-state index in [1.54, 1.807) is 11.3 Å². The molecule has 3 aromatic heterocycles. The molecule has 0 aliphatic carbocycles. The molecule has 1 amide bonds. The average molecular weight is 455 g/mol. The number of piperazine rings is 1. The second-order valence-electron chi connectivity index (χ2n) is 8.25. The summed E-state index contributed by atoms with van der Waals surface area (Å²) < 4.78 is 2.07. The molecule has 1 aliphatic rings. The number of benzene rings is 2. The molecule has 0 radical (unpaired) electrons. The van der Waals surface area contributed by atoms with Crippen molar-refractivity contribution in [3.05, 3.63) is 77.7 Å². The van der Waals surface area contributed by atoms with Crippen LogP contribution < -0.4 is 4.90 Å². The maximum absolute atomic E-state index is 13.1. The lowest BCUT2D eigenvalue weighted by molar-refractivity contribution is 0.0673. The van der Waals surface area contributed by atoms with E-state index in [1.807, 2.05) is 70.9 Å². The lowest BCUT2D eigenvalue weighted by atomic mass is 10.1. The van der Waals surface area contributed by atoms with Gasteiger partial charge in [0.25, 0.3) is 5.91 Å². The van der Waals surface area contributed by atoms with Crippen LogP contribution in [0.1, 0.15) is 17.3 Å². The monoisotopic (exact) mass is 454 g/mol. The Morgan fingerprint density at radius 3 is 2.58 bits per heavy atom.